The molecule has 2 aliphatic carbocycles. The Balaban J connectivity index is 1.14. The van der Waals surface area contributed by atoms with Crippen LogP contribution in [-0.2, 0) is 11.2 Å². The fourth-order valence-corrected chi connectivity index (χ4v) is 4.78. The molecule has 3 fully saturated rings. The van der Waals surface area contributed by atoms with E-state index in [0.29, 0.717) is 35.8 Å². The molecule has 1 spiro atoms. The molecule has 5 rings (SSSR count). The minimum atomic E-state index is 0.0715. The normalized spacial score (nSPS) is 22.7. The van der Waals surface area contributed by atoms with Crippen molar-refractivity contribution in [3.05, 3.63) is 23.1 Å². The van der Waals surface area contributed by atoms with Crippen LogP contribution in [0.4, 0.5) is 0 Å². The molecule has 0 N–H and O–H groups in total. The highest BCUT2D eigenvalue weighted by atomic mass is 16.6. The van der Waals surface area contributed by atoms with Crippen molar-refractivity contribution in [2.45, 2.75) is 76.5 Å². The van der Waals surface area contributed by atoms with Crippen molar-refractivity contribution in [2.75, 3.05) is 13.1 Å². The van der Waals surface area contributed by atoms with E-state index in [1.807, 2.05) is 4.90 Å². The summed E-state index contributed by atoms with van der Waals surface area (Å²) in [5, 5.41) is 11.8. The number of carbonyl (C=O) groups is 1. The number of piperidine rings is 1. The van der Waals surface area contributed by atoms with E-state index in [1.165, 1.54) is 38.5 Å². The van der Waals surface area contributed by atoms with E-state index in [4.69, 9.17) is 9.51 Å². The number of amides is 1. The number of rotatable bonds is 4. The first kappa shape index (κ1) is 17.8. The zero-order valence-electron chi connectivity index (χ0n) is 16.4. The average molecular weight is 385 g/mol. The van der Waals surface area contributed by atoms with Gasteiger partial charge in [0.05, 0.1) is 6.42 Å². The van der Waals surface area contributed by atoms with Gasteiger partial charge >= 0.3 is 0 Å². The summed E-state index contributed by atoms with van der Waals surface area (Å²) in [6.07, 6.45) is 9.82. The van der Waals surface area contributed by atoms with Crippen molar-refractivity contribution < 1.29 is 13.9 Å². The molecule has 3 heterocycles. The van der Waals surface area contributed by atoms with Crippen LogP contribution in [0.2, 0.25) is 0 Å². The minimum Gasteiger partial charge on any atom is -0.342 e. The van der Waals surface area contributed by atoms with Crippen molar-refractivity contribution in [3.63, 3.8) is 0 Å². The molecule has 28 heavy (non-hydrogen) atoms. The Morgan fingerprint density at radius 2 is 1.79 bits per heavy atom. The first-order valence-corrected chi connectivity index (χ1v) is 10.5. The summed E-state index contributed by atoms with van der Waals surface area (Å²) in [6, 6.07) is 0. The molecule has 0 aromatic carbocycles. The summed E-state index contributed by atoms with van der Waals surface area (Å²) in [6.45, 7) is 3.23. The molecule has 1 aliphatic heterocycles. The van der Waals surface area contributed by atoms with Gasteiger partial charge in [-0.15, -0.1) is 0 Å². The van der Waals surface area contributed by atoms with Crippen LogP contribution in [0.3, 0.4) is 0 Å². The quantitative estimate of drug-likeness (QED) is 0.797. The predicted molar refractivity (Wildman–Crippen MR) is 98.5 cm³/mol. The topological polar surface area (TPSA) is 98.2 Å². The molecule has 3 aliphatic rings. The van der Waals surface area contributed by atoms with Gasteiger partial charge in [0, 0.05) is 24.9 Å². The average Bonchev–Trinajstić information content (AvgIpc) is 3.11. The van der Waals surface area contributed by atoms with E-state index in [-0.39, 0.29) is 18.2 Å². The standard InChI is InChI=1S/C20H27N5O3/c1-13-16(23-28-22-13)12-17(26)25-10-4-14(5-11-25)18-21-19(27-24-18)15-2-6-20(7-3-15)8-9-20/h14-15H,2-12H2,1H3. The van der Waals surface area contributed by atoms with E-state index in [1.54, 1.807) is 6.92 Å². The van der Waals surface area contributed by atoms with Gasteiger partial charge in [-0.05, 0) is 63.7 Å². The largest absolute Gasteiger partial charge is 0.342 e. The molecule has 1 saturated heterocycles. The van der Waals surface area contributed by atoms with Gasteiger partial charge in [-0.3, -0.25) is 4.79 Å². The number of likely N-dealkylation sites (tertiary alicyclic amines) is 1. The fraction of sp³-hybridized carbons (Fsp3) is 0.750. The Morgan fingerprint density at radius 3 is 2.43 bits per heavy atom. The van der Waals surface area contributed by atoms with Crippen LogP contribution < -0.4 is 0 Å². The van der Waals surface area contributed by atoms with Gasteiger partial charge in [0.15, 0.2) is 5.82 Å². The molecule has 8 heteroatoms. The molecule has 150 valence electrons. The summed E-state index contributed by atoms with van der Waals surface area (Å²) >= 11 is 0. The Labute approximate surface area is 164 Å². The van der Waals surface area contributed by atoms with E-state index >= 15 is 0 Å². The molecular weight excluding hydrogens is 358 g/mol. The zero-order valence-corrected chi connectivity index (χ0v) is 16.4. The van der Waals surface area contributed by atoms with Crippen molar-refractivity contribution >= 4 is 5.91 Å². The fourth-order valence-electron chi connectivity index (χ4n) is 4.78. The SMILES string of the molecule is Cc1nonc1CC(=O)N1CCC(c2noc(C3CCC4(CC3)CC4)n2)CC1. The Kier molecular flexibility index (Phi) is 4.44. The number of hydrogen-bond donors (Lipinski definition) is 0. The first-order valence-electron chi connectivity index (χ1n) is 10.5. The lowest BCUT2D eigenvalue weighted by Gasteiger charge is -2.30. The van der Waals surface area contributed by atoms with Crippen LogP contribution in [0, 0.1) is 12.3 Å². The van der Waals surface area contributed by atoms with Crippen LogP contribution in [-0.4, -0.2) is 44.4 Å². The van der Waals surface area contributed by atoms with Crippen LogP contribution >= 0.6 is 0 Å². The second kappa shape index (κ2) is 6.97. The Hall–Kier alpha value is -2.25. The van der Waals surface area contributed by atoms with Crippen molar-refractivity contribution in [3.8, 4) is 0 Å². The zero-order chi connectivity index (χ0) is 19.1. The molecule has 0 radical (unpaired) electrons. The molecule has 1 amide bonds. The van der Waals surface area contributed by atoms with E-state index in [2.05, 4.69) is 20.1 Å². The van der Waals surface area contributed by atoms with Crippen molar-refractivity contribution in [1.82, 2.24) is 25.4 Å². The Bertz CT molecular complexity index is 838. The molecule has 2 saturated carbocycles. The van der Waals surface area contributed by atoms with Gasteiger partial charge < -0.3 is 9.42 Å². The lowest BCUT2D eigenvalue weighted by molar-refractivity contribution is -0.131. The van der Waals surface area contributed by atoms with E-state index in [0.717, 1.165) is 24.6 Å². The summed E-state index contributed by atoms with van der Waals surface area (Å²) in [5.41, 5.74) is 1.98. The summed E-state index contributed by atoms with van der Waals surface area (Å²) in [7, 11) is 0. The third kappa shape index (κ3) is 3.44. The number of carbonyl (C=O) groups excluding carboxylic acids is 1. The van der Waals surface area contributed by atoms with Gasteiger partial charge in [-0.1, -0.05) is 15.5 Å². The highest BCUT2D eigenvalue weighted by Gasteiger charge is 2.45. The van der Waals surface area contributed by atoms with Gasteiger partial charge in [0.25, 0.3) is 0 Å². The summed E-state index contributed by atoms with van der Waals surface area (Å²) in [4.78, 5) is 19.1. The minimum absolute atomic E-state index is 0.0715. The number of aryl methyl sites for hydroxylation is 1. The maximum absolute atomic E-state index is 12.5. The molecule has 0 bridgehead atoms. The van der Waals surface area contributed by atoms with Gasteiger partial charge in [-0.25, -0.2) is 4.63 Å². The molecule has 2 aromatic heterocycles. The van der Waals surface area contributed by atoms with Gasteiger partial charge in [0.1, 0.15) is 11.4 Å². The molecule has 0 unspecified atom stereocenters. The van der Waals surface area contributed by atoms with Crippen molar-refractivity contribution in [2.24, 2.45) is 5.41 Å². The van der Waals surface area contributed by atoms with Gasteiger partial charge in [0.2, 0.25) is 11.8 Å². The highest BCUT2D eigenvalue weighted by molar-refractivity contribution is 5.78. The van der Waals surface area contributed by atoms with Crippen LogP contribution in [0.25, 0.3) is 0 Å². The monoisotopic (exact) mass is 385 g/mol. The third-order valence-electron chi connectivity index (χ3n) is 7.09. The highest BCUT2D eigenvalue weighted by Crippen LogP contribution is 2.58. The third-order valence-corrected chi connectivity index (χ3v) is 7.09. The molecule has 0 atom stereocenters. The maximum Gasteiger partial charge on any atom is 0.229 e. The smallest absolute Gasteiger partial charge is 0.229 e. The molecule has 8 nitrogen and oxygen atoms in total. The van der Waals surface area contributed by atoms with Crippen molar-refractivity contribution in [1.29, 1.82) is 0 Å². The molecular formula is C20H27N5O3. The lowest BCUT2D eigenvalue weighted by Crippen LogP contribution is -2.39. The molecule has 2 aromatic rings. The summed E-state index contributed by atoms with van der Waals surface area (Å²) in [5.74, 6) is 2.44. The predicted octanol–water partition coefficient (Wildman–Crippen LogP) is 3.15. The van der Waals surface area contributed by atoms with Gasteiger partial charge in [-0.2, -0.15) is 4.98 Å². The van der Waals surface area contributed by atoms with E-state index < -0.39 is 0 Å². The first-order chi connectivity index (χ1) is 13.6. The second-order valence-corrected chi connectivity index (χ2v) is 8.89. The Morgan fingerprint density at radius 1 is 1.04 bits per heavy atom. The van der Waals surface area contributed by atoms with E-state index in [9.17, 15) is 4.79 Å². The summed E-state index contributed by atoms with van der Waals surface area (Å²) < 4.78 is 10.3. The number of nitrogens with zero attached hydrogens (tertiary/aromatic N) is 5. The second-order valence-electron chi connectivity index (χ2n) is 8.89. The van der Waals surface area contributed by atoms with Crippen LogP contribution in [0.15, 0.2) is 9.15 Å². The lowest BCUT2D eigenvalue weighted by atomic mass is 9.80. The number of aromatic nitrogens is 4. The maximum atomic E-state index is 12.5. The van der Waals surface area contributed by atoms with Crippen LogP contribution in [0.1, 0.15) is 86.3 Å². The van der Waals surface area contributed by atoms with Crippen LogP contribution in [0.5, 0.6) is 0 Å². The number of hydrogen-bond acceptors (Lipinski definition) is 7.